The van der Waals surface area contributed by atoms with Crippen molar-refractivity contribution in [2.45, 2.75) is 25.5 Å². The van der Waals surface area contributed by atoms with Gasteiger partial charge < -0.3 is 9.47 Å². The maximum Gasteiger partial charge on any atom is 0.169 e. The minimum absolute atomic E-state index is 0. The maximum atomic E-state index is 4.86. The highest BCUT2D eigenvalue weighted by atomic mass is 35.5. The standard InChI is InChI=1S/C20H25N3S.2ClH/c1-3-22(4-2)14-15-24-20-21-18-12-8-9-13-19(18)23(20)16-17-10-6-5-7-11-17;;/h5-13H,3-4,14-16H2,1-2H3;2*1H. The fourth-order valence-corrected chi connectivity index (χ4v) is 3.90. The molecule has 2 aromatic carbocycles. The molecule has 1 aromatic heterocycles. The zero-order valence-corrected chi connectivity index (χ0v) is 17.7. The van der Waals surface area contributed by atoms with Crippen molar-refractivity contribution >= 4 is 47.6 Å². The van der Waals surface area contributed by atoms with Crippen molar-refractivity contribution in [3.63, 3.8) is 0 Å². The van der Waals surface area contributed by atoms with E-state index < -0.39 is 0 Å². The van der Waals surface area contributed by atoms with Crippen LogP contribution in [0, 0.1) is 0 Å². The summed E-state index contributed by atoms with van der Waals surface area (Å²) >= 11 is 1.86. The summed E-state index contributed by atoms with van der Waals surface area (Å²) in [5.41, 5.74) is 3.61. The monoisotopic (exact) mass is 411 g/mol. The summed E-state index contributed by atoms with van der Waals surface area (Å²) in [7, 11) is 0. The maximum absolute atomic E-state index is 4.86. The summed E-state index contributed by atoms with van der Waals surface area (Å²) in [6.45, 7) is 8.63. The molecule has 3 rings (SSSR count). The van der Waals surface area contributed by atoms with Crippen molar-refractivity contribution < 1.29 is 0 Å². The van der Waals surface area contributed by atoms with Crippen LogP contribution in [0.3, 0.4) is 0 Å². The molecular weight excluding hydrogens is 385 g/mol. The number of aromatic nitrogens is 2. The van der Waals surface area contributed by atoms with E-state index in [1.165, 1.54) is 11.1 Å². The van der Waals surface area contributed by atoms with E-state index in [4.69, 9.17) is 4.98 Å². The Bertz CT molecular complexity index is 773. The highest BCUT2D eigenvalue weighted by molar-refractivity contribution is 7.99. The normalized spacial score (nSPS) is 10.6. The van der Waals surface area contributed by atoms with Gasteiger partial charge in [-0.05, 0) is 30.8 Å². The number of hydrogen-bond donors (Lipinski definition) is 0. The number of imidazole rings is 1. The molecule has 0 aliphatic heterocycles. The van der Waals surface area contributed by atoms with Gasteiger partial charge in [0.25, 0.3) is 0 Å². The number of hydrogen-bond acceptors (Lipinski definition) is 3. The van der Waals surface area contributed by atoms with E-state index in [0.717, 1.165) is 42.6 Å². The van der Waals surface area contributed by atoms with Crippen LogP contribution in [0.2, 0.25) is 0 Å². The van der Waals surface area contributed by atoms with E-state index in [1.54, 1.807) is 0 Å². The first-order valence-corrected chi connectivity index (χ1v) is 9.64. The summed E-state index contributed by atoms with van der Waals surface area (Å²) in [6.07, 6.45) is 0. The zero-order chi connectivity index (χ0) is 16.8. The number of halogens is 2. The predicted molar refractivity (Wildman–Crippen MR) is 118 cm³/mol. The molecule has 3 nitrogen and oxygen atoms in total. The van der Waals surface area contributed by atoms with Crippen molar-refractivity contribution in [2.75, 3.05) is 25.4 Å². The Hall–Kier alpha value is -1.20. The van der Waals surface area contributed by atoms with Crippen LogP contribution in [-0.2, 0) is 6.54 Å². The first-order valence-electron chi connectivity index (χ1n) is 8.66. The molecule has 3 aromatic rings. The number of nitrogens with zero attached hydrogens (tertiary/aromatic N) is 3. The van der Waals surface area contributed by atoms with Crippen LogP contribution in [0.25, 0.3) is 11.0 Å². The molecule has 142 valence electrons. The Labute approximate surface area is 173 Å². The average molecular weight is 412 g/mol. The van der Waals surface area contributed by atoms with Gasteiger partial charge in [0.2, 0.25) is 0 Å². The molecule has 0 unspecified atom stereocenters. The first-order chi connectivity index (χ1) is 11.8. The quantitative estimate of drug-likeness (QED) is 0.465. The van der Waals surface area contributed by atoms with Gasteiger partial charge in [0, 0.05) is 12.3 Å². The SMILES string of the molecule is CCN(CC)CCSc1nc2ccccc2n1Cc1ccccc1.Cl.Cl. The second kappa shape index (κ2) is 11.5. The minimum atomic E-state index is 0. The van der Waals surface area contributed by atoms with E-state index in [2.05, 4.69) is 77.9 Å². The number of rotatable bonds is 8. The molecule has 0 saturated heterocycles. The third kappa shape index (κ3) is 5.65. The van der Waals surface area contributed by atoms with Crippen molar-refractivity contribution in [3.8, 4) is 0 Å². The summed E-state index contributed by atoms with van der Waals surface area (Å²) in [6, 6.07) is 19.0. The lowest BCUT2D eigenvalue weighted by Gasteiger charge is -2.17. The molecule has 0 aliphatic rings. The lowest BCUT2D eigenvalue weighted by molar-refractivity contribution is 0.324. The Balaban J connectivity index is 0.00000169. The van der Waals surface area contributed by atoms with Gasteiger partial charge in [-0.3, -0.25) is 0 Å². The highest BCUT2D eigenvalue weighted by Crippen LogP contribution is 2.25. The largest absolute Gasteiger partial charge is 0.314 e. The van der Waals surface area contributed by atoms with Gasteiger partial charge >= 0.3 is 0 Å². The van der Waals surface area contributed by atoms with Crippen LogP contribution in [0.15, 0.2) is 59.8 Å². The van der Waals surface area contributed by atoms with Crippen LogP contribution >= 0.6 is 36.6 Å². The molecule has 0 aliphatic carbocycles. The second-order valence-electron chi connectivity index (χ2n) is 5.83. The fraction of sp³-hybridized carbons (Fsp3) is 0.350. The molecule has 0 bridgehead atoms. The predicted octanol–water partition coefficient (Wildman–Crippen LogP) is 5.36. The fourth-order valence-electron chi connectivity index (χ4n) is 2.89. The molecule has 0 atom stereocenters. The van der Waals surface area contributed by atoms with Gasteiger partial charge in [-0.15, -0.1) is 24.8 Å². The average Bonchev–Trinajstić information content (AvgIpc) is 2.97. The van der Waals surface area contributed by atoms with E-state index >= 15 is 0 Å². The van der Waals surface area contributed by atoms with Gasteiger partial charge in [0.1, 0.15) is 0 Å². The van der Waals surface area contributed by atoms with E-state index in [1.807, 2.05) is 11.8 Å². The summed E-state index contributed by atoms with van der Waals surface area (Å²) in [4.78, 5) is 7.32. The second-order valence-corrected chi connectivity index (χ2v) is 6.89. The molecule has 0 amide bonds. The smallest absolute Gasteiger partial charge is 0.169 e. The summed E-state index contributed by atoms with van der Waals surface area (Å²) in [5, 5.41) is 1.12. The summed E-state index contributed by atoms with van der Waals surface area (Å²) in [5.74, 6) is 1.07. The number of para-hydroxylation sites is 2. The third-order valence-corrected chi connectivity index (χ3v) is 5.29. The molecule has 6 heteroatoms. The Morgan fingerprint density at radius 1 is 0.923 bits per heavy atom. The topological polar surface area (TPSA) is 21.1 Å². The minimum Gasteiger partial charge on any atom is -0.314 e. The molecule has 0 radical (unpaired) electrons. The van der Waals surface area contributed by atoms with Gasteiger partial charge in [0.05, 0.1) is 17.6 Å². The molecular formula is C20H27Cl2N3S. The van der Waals surface area contributed by atoms with Crippen molar-refractivity contribution in [2.24, 2.45) is 0 Å². The van der Waals surface area contributed by atoms with Gasteiger partial charge in [0.15, 0.2) is 5.16 Å². The van der Waals surface area contributed by atoms with Crippen LogP contribution in [0.1, 0.15) is 19.4 Å². The highest BCUT2D eigenvalue weighted by Gasteiger charge is 2.11. The van der Waals surface area contributed by atoms with Crippen LogP contribution in [0.5, 0.6) is 0 Å². The number of benzene rings is 2. The molecule has 0 N–H and O–H groups in total. The summed E-state index contributed by atoms with van der Waals surface area (Å²) < 4.78 is 2.34. The Kier molecular flexibility index (Phi) is 10.1. The van der Waals surface area contributed by atoms with E-state index in [-0.39, 0.29) is 24.8 Å². The van der Waals surface area contributed by atoms with Crippen molar-refractivity contribution in [1.82, 2.24) is 14.5 Å². The number of thioether (sulfide) groups is 1. The number of fused-ring (bicyclic) bond motifs is 1. The lowest BCUT2D eigenvalue weighted by Crippen LogP contribution is -2.25. The van der Waals surface area contributed by atoms with Crippen molar-refractivity contribution in [3.05, 3.63) is 60.2 Å². The van der Waals surface area contributed by atoms with E-state index in [9.17, 15) is 0 Å². The molecule has 26 heavy (non-hydrogen) atoms. The van der Waals surface area contributed by atoms with Gasteiger partial charge in [-0.1, -0.05) is 68.1 Å². The molecule has 1 heterocycles. The van der Waals surface area contributed by atoms with Crippen LogP contribution in [-0.4, -0.2) is 39.8 Å². The molecule has 0 saturated carbocycles. The van der Waals surface area contributed by atoms with Gasteiger partial charge in [-0.2, -0.15) is 0 Å². The third-order valence-electron chi connectivity index (χ3n) is 4.34. The van der Waals surface area contributed by atoms with E-state index in [0.29, 0.717) is 0 Å². The molecule has 0 spiro atoms. The van der Waals surface area contributed by atoms with Crippen LogP contribution in [0.4, 0.5) is 0 Å². The van der Waals surface area contributed by atoms with Crippen LogP contribution < -0.4 is 0 Å². The lowest BCUT2D eigenvalue weighted by atomic mass is 10.2. The first kappa shape index (κ1) is 22.8. The molecule has 0 fully saturated rings. The zero-order valence-electron chi connectivity index (χ0n) is 15.3. The Morgan fingerprint density at radius 3 is 2.27 bits per heavy atom. The van der Waals surface area contributed by atoms with Gasteiger partial charge in [-0.25, -0.2) is 4.98 Å². The Morgan fingerprint density at radius 2 is 1.58 bits per heavy atom. The van der Waals surface area contributed by atoms with Crippen molar-refractivity contribution in [1.29, 1.82) is 0 Å².